The summed E-state index contributed by atoms with van der Waals surface area (Å²) in [5, 5.41) is 10.8. The van der Waals surface area contributed by atoms with E-state index in [-0.39, 0.29) is 6.04 Å². The molecule has 1 aromatic rings. The van der Waals surface area contributed by atoms with Crippen molar-refractivity contribution in [3.63, 3.8) is 0 Å². The van der Waals surface area contributed by atoms with Crippen LogP contribution in [-0.2, 0) is 16.4 Å². The Balaban J connectivity index is 1.44. The number of piperidine rings is 1. The van der Waals surface area contributed by atoms with Crippen molar-refractivity contribution >= 4 is 15.7 Å². The SMILES string of the molecule is CC1Cc2cc(C(O)CN3CCC4CCCCC4C3)ccc2N1S(C)(=O)=O. The Hall–Kier alpha value is -1.11. The fourth-order valence-electron chi connectivity index (χ4n) is 5.53. The van der Waals surface area contributed by atoms with Crippen LogP contribution in [0.4, 0.5) is 5.69 Å². The van der Waals surface area contributed by atoms with Gasteiger partial charge in [-0.1, -0.05) is 31.4 Å². The molecule has 4 atom stereocenters. The number of anilines is 1. The fourth-order valence-corrected chi connectivity index (χ4v) is 6.79. The topological polar surface area (TPSA) is 60.9 Å². The molecule has 2 fully saturated rings. The molecule has 1 saturated heterocycles. The number of hydrogen-bond donors (Lipinski definition) is 1. The zero-order valence-corrected chi connectivity index (χ0v) is 17.3. The standard InChI is InChI=1S/C21H32N2O3S/c1-15-11-19-12-17(7-8-20(19)23(15)27(2,25)26)21(24)14-22-10-9-16-5-3-4-6-18(16)13-22/h7-8,12,15-16,18,21,24H,3-6,9-11,13-14H2,1-2H3. The van der Waals surface area contributed by atoms with Crippen molar-refractivity contribution < 1.29 is 13.5 Å². The molecule has 4 unspecified atom stereocenters. The van der Waals surface area contributed by atoms with Crippen LogP contribution in [0.1, 0.15) is 56.3 Å². The Labute approximate surface area is 163 Å². The van der Waals surface area contributed by atoms with E-state index in [0.717, 1.165) is 41.7 Å². The molecular weight excluding hydrogens is 360 g/mol. The molecule has 4 rings (SSSR count). The monoisotopic (exact) mass is 392 g/mol. The third-order valence-corrected chi connectivity index (χ3v) is 8.08. The lowest BCUT2D eigenvalue weighted by Crippen LogP contribution is -2.43. The highest BCUT2D eigenvalue weighted by molar-refractivity contribution is 7.92. The number of β-amino-alcohol motifs (C(OH)–C–C–N with tert-alkyl or cyclic N) is 1. The van der Waals surface area contributed by atoms with E-state index >= 15 is 0 Å². The van der Waals surface area contributed by atoms with Gasteiger partial charge in [-0.15, -0.1) is 0 Å². The molecule has 1 aliphatic carbocycles. The van der Waals surface area contributed by atoms with Gasteiger partial charge in [-0.25, -0.2) is 8.42 Å². The minimum Gasteiger partial charge on any atom is -0.387 e. The van der Waals surface area contributed by atoms with E-state index in [0.29, 0.717) is 13.0 Å². The summed E-state index contributed by atoms with van der Waals surface area (Å²) in [6.45, 7) is 4.81. The molecule has 27 heavy (non-hydrogen) atoms. The predicted molar refractivity (Wildman–Crippen MR) is 108 cm³/mol. The molecule has 0 radical (unpaired) electrons. The first-order valence-corrected chi connectivity index (χ1v) is 12.2. The lowest BCUT2D eigenvalue weighted by Gasteiger charge is -2.41. The Morgan fingerprint density at radius 3 is 2.67 bits per heavy atom. The summed E-state index contributed by atoms with van der Waals surface area (Å²) in [5.41, 5.74) is 2.70. The van der Waals surface area contributed by atoms with E-state index in [9.17, 15) is 13.5 Å². The van der Waals surface area contributed by atoms with Gasteiger partial charge in [-0.05, 0) is 61.8 Å². The maximum absolute atomic E-state index is 12.1. The van der Waals surface area contributed by atoms with E-state index in [2.05, 4.69) is 4.90 Å². The second-order valence-electron chi connectivity index (χ2n) is 8.87. The van der Waals surface area contributed by atoms with Crippen molar-refractivity contribution in [3.8, 4) is 0 Å². The summed E-state index contributed by atoms with van der Waals surface area (Å²) in [6, 6.07) is 5.71. The lowest BCUT2D eigenvalue weighted by atomic mass is 9.75. The number of aliphatic hydroxyl groups is 1. The lowest BCUT2D eigenvalue weighted by molar-refractivity contribution is 0.0459. The van der Waals surface area contributed by atoms with Gasteiger partial charge in [0.25, 0.3) is 0 Å². The molecule has 2 heterocycles. The van der Waals surface area contributed by atoms with Gasteiger partial charge >= 0.3 is 0 Å². The molecule has 2 aliphatic heterocycles. The smallest absolute Gasteiger partial charge is 0.232 e. The summed E-state index contributed by atoms with van der Waals surface area (Å²) in [7, 11) is -3.27. The molecule has 1 aromatic carbocycles. The van der Waals surface area contributed by atoms with E-state index in [1.807, 2.05) is 25.1 Å². The number of rotatable bonds is 4. The zero-order valence-electron chi connectivity index (χ0n) is 16.5. The van der Waals surface area contributed by atoms with Gasteiger partial charge in [0.2, 0.25) is 10.0 Å². The first kappa shape index (κ1) is 19.2. The number of fused-ring (bicyclic) bond motifs is 2. The van der Waals surface area contributed by atoms with Crippen LogP contribution in [-0.4, -0.2) is 50.4 Å². The number of aliphatic hydroxyl groups excluding tert-OH is 1. The minimum atomic E-state index is -3.27. The van der Waals surface area contributed by atoms with Crippen molar-refractivity contribution in [3.05, 3.63) is 29.3 Å². The molecule has 0 spiro atoms. The highest BCUT2D eigenvalue weighted by atomic mass is 32.2. The fraction of sp³-hybridized carbons (Fsp3) is 0.714. The maximum atomic E-state index is 12.1. The van der Waals surface area contributed by atoms with Crippen molar-refractivity contribution in [2.75, 3.05) is 30.2 Å². The molecule has 1 saturated carbocycles. The van der Waals surface area contributed by atoms with Gasteiger partial charge in [0.05, 0.1) is 18.0 Å². The van der Waals surface area contributed by atoms with E-state index in [1.54, 1.807) is 0 Å². The number of sulfonamides is 1. The first-order chi connectivity index (χ1) is 12.8. The first-order valence-electron chi connectivity index (χ1n) is 10.4. The molecule has 1 N–H and O–H groups in total. The van der Waals surface area contributed by atoms with Crippen LogP contribution in [0.25, 0.3) is 0 Å². The third-order valence-electron chi connectivity index (χ3n) is 6.81. The normalized spacial score (nSPS) is 30.0. The van der Waals surface area contributed by atoms with E-state index in [4.69, 9.17) is 0 Å². The van der Waals surface area contributed by atoms with Crippen LogP contribution < -0.4 is 4.31 Å². The molecule has 0 aromatic heterocycles. The average molecular weight is 393 g/mol. The van der Waals surface area contributed by atoms with Gasteiger partial charge in [0, 0.05) is 19.1 Å². The Morgan fingerprint density at radius 2 is 1.93 bits per heavy atom. The van der Waals surface area contributed by atoms with Crippen molar-refractivity contribution in [1.29, 1.82) is 0 Å². The van der Waals surface area contributed by atoms with Gasteiger partial charge in [0.15, 0.2) is 0 Å². The van der Waals surface area contributed by atoms with Crippen molar-refractivity contribution in [1.82, 2.24) is 4.90 Å². The average Bonchev–Trinajstić information content (AvgIpc) is 2.96. The third kappa shape index (κ3) is 3.89. The molecule has 3 aliphatic rings. The van der Waals surface area contributed by atoms with Gasteiger partial charge in [-0.3, -0.25) is 4.31 Å². The predicted octanol–water partition coefficient (Wildman–Crippen LogP) is 2.94. The molecule has 0 bridgehead atoms. The van der Waals surface area contributed by atoms with Crippen LogP contribution in [0, 0.1) is 11.8 Å². The summed E-state index contributed by atoms with van der Waals surface area (Å²) < 4.78 is 25.7. The highest BCUT2D eigenvalue weighted by Gasteiger charge is 2.34. The molecule has 150 valence electrons. The molecule has 0 amide bonds. The summed E-state index contributed by atoms with van der Waals surface area (Å²) in [4.78, 5) is 2.43. The minimum absolute atomic E-state index is 0.0623. The van der Waals surface area contributed by atoms with Crippen LogP contribution in [0.2, 0.25) is 0 Å². The van der Waals surface area contributed by atoms with Gasteiger partial charge in [-0.2, -0.15) is 0 Å². The summed E-state index contributed by atoms with van der Waals surface area (Å²) in [6.07, 6.45) is 8.20. The zero-order chi connectivity index (χ0) is 19.2. The van der Waals surface area contributed by atoms with Crippen LogP contribution in [0.3, 0.4) is 0 Å². The van der Waals surface area contributed by atoms with Crippen molar-refractivity contribution in [2.24, 2.45) is 11.8 Å². The maximum Gasteiger partial charge on any atom is 0.232 e. The highest BCUT2D eigenvalue weighted by Crippen LogP contribution is 2.38. The number of benzene rings is 1. The second kappa shape index (κ2) is 7.37. The Kier molecular flexibility index (Phi) is 5.25. The second-order valence-corrected chi connectivity index (χ2v) is 10.7. The van der Waals surface area contributed by atoms with Gasteiger partial charge < -0.3 is 10.0 Å². The summed E-state index contributed by atoms with van der Waals surface area (Å²) >= 11 is 0. The van der Waals surface area contributed by atoms with Crippen molar-refractivity contribution in [2.45, 2.75) is 57.6 Å². The number of likely N-dealkylation sites (tertiary alicyclic amines) is 1. The Morgan fingerprint density at radius 1 is 1.19 bits per heavy atom. The van der Waals surface area contributed by atoms with Crippen LogP contribution >= 0.6 is 0 Å². The van der Waals surface area contributed by atoms with Crippen LogP contribution in [0.15, 0.2) is 18.2 Å². The van der Waals surface area contributed by atoms with Crippen LogP contribution in [0.5, 0.6) is 0 Å². The number of nitrogens with zero attached hydrogens (tertiary/aromatic N) is 2. The molecule has 6 heteroatoms. The summed E-state index contributed by atoms with van der Waals surface area (Å²) in [5.74, 6) is 1.71. The molecular formula is C21H32N2O3S. The Bertz CT molecular complexity index is 795. The quantitative estimate of drug-likeness (QED) is 0.856. The number of hydrogen-bond acceptors (Lipinski definition) is 4. The van der Waals surface area contributed by atoms with E-state index in [1.165, 1.54) is 42.7 Å². The van der Waals surface area contributed by atoms with E-state index < -0.39 is 16.1 Å². The largest absolute Gasteiger partial charge is 0.387 e. The van der Waals surface area contributed by atoms with Gasteiger partial charge in [0.1, 0.15) is 0 Å². The molecule has 5 nitrogen and oxygen atoms in total.